The predicted molar refractivity (Wildman–Crippen MR) is 133 cm³/mol. The zero-order valence-corrected chi connectivity index (χ0v) is 20.8. The van der Waals surface area contributed by atoms with Crippen molar-refractivity contribution in [3.05, 3.63) is 53.3 Å². The van der Waals surface area contributed by atoms with Crippen molar-refractivity contribution in [2.24, 2.45) is 5.92 Å². The Labute approximate surface area is 211 Å². The molecule has 0 aromatic heterocycles. The normalized spacial score (nSPS) is 19.3. The lowest BCUT2D eigenvalue weighted by Crippen LogP contribution is -2.41. The van der Waals surface area contributed by atoms with Gasteiger partial charge in [0, 0.05) is 19.6 Å². The number of piperidine rings is 1. The van der Waals surface area contributed by atoms with E-state index in [1.807, 2.05) is 0 Å². The smallest absolute Gasteiger partial charge is 0.256 e. The van der Waals surface area contributed by atoms with Crippen LogP contribution in [-0.2, 0) is 0 Å². The van der Waals surface area contributed by atoms with Gasteiger partial charge in [0.15, 0.2) is 0 Å². The molecule has 192 valence electrons. The van der Waals surface area contributed by atoms with Gasteiger partial charge in [-0.05, 0) is 87.5 Å². The highest BCUT2D eigenvalue weighted by Gasteiger charge is 2.28. The Morgan fingerprint density at radius 1 is 1.14 bits per heavy atom. The molecule has 2 aromatic rings. The third-order valence-corrected chi connectivity index (χ3v) is 6.86. The highest BCUT2D eigenvalue weighted by Crippen LogP contribution is 2.29. The first-order valence-electron chi connectivity index (χ1n) is 12.5. The van der Waals surface area contributed by atoms with Crippen LogP contribution in [0.3, 0.4) is 0 Å². The number of likely N-dealkylation sites (tertiary alicyclic amines) is 2. The average molecular weight is 498 g/mol. The van der Waals surface area contributed by atoms with Crippen molar-refractivity contribution in [3.8, 4) is 22.9 Å². The third kappa shape index (κ3) is 6.40. The molecular weight excluding hydrogens is 464 g/mol. The van der Waals surface area contributed by atoms with Gasteiger partial charge in [-0.3, -0.25) is 4.79 Å². The van der Waals surface area contributed by atoms with Gasteiger partial charge >= 0.3 is 0 Å². The number of nitrogens with zero attached hydrogens (tertiary/aromatic N) is 3. The fraction of sp³-hybridized carbons (Fsp3) is 0.500. The average Bonchev–Trinajstić information content (AvgIpc) is 3.28. The Hall–Kier alpha value is -3.02. The number of aliphatic hydroxyl groups excluding tert-OH is 1. The Bertz CT molecular complexity index is 1130. The van der Waals surface area contributed by atoms with Crippen LogP contribution in [0.15, 0.2) is 36.4 Å². The summed E-state index contributed by atoms with van der Waals surface area (Å²) in [4.78, 5) is 16.2. The summed E-state index contributed by atoms with van der Waals surface area (Å²) in [7, 11) is 0. The summed E-state index contributed by atoms with van der Waals surface area (Å²) in [6.45, 7) is 6.37. The van der Waals surface area contributed by atoms with Crippen molar-refractivity contribution in [1.29, 1.82) is 5.26 Å². The van der Waals surface area contributed by atoms with Gasteiger partial charge in [-0.1, -0.05) is 12.1 Å². The van der Waals surface area contributed by atoms with Gasteiger partial charge in [0.1, 0.15) is 23.3 Å². The lowest BCUT2D eigenvalue weighted by Gasteiger charge is -2.34. The second kappa shape index (κ2) is 10.9. The van der Waals surface area contributed by atoms with Crippen LogP contribution in [0, 0.1) is 23.1 Å². The van der Waals surface area contributed by atoms with E-state index in [1.165, 1.54) is 17.0 Å². The number of hydrogen-bond donors (Lipinski definition) is 1. The van der Waals surface area contributed by atoms with Gasteiger partial charge < -0.3 is 19.6 Å². The second-order valence-corrected chi connectivity index (χ2v) is 10.5. The van der Waals surface area contributed by atoms with Crippen LogP contribution in [0.1, 0.15) is 49.0 Å². The van der Waals surface area contributed by atoms with E-state index in [9.17, 15) is 23.9 Å². The molecule has 4 rings (SSSR count). The fourth-order valence-corrected chi connectivity index (χ4v) is 4.94. The maximum Gasteiger partial charge on any atom is 0.256 e. The minimum atomic E-state index is -1.21. The monoisotopic (exact) mass is 497 g/mol. The molecule has 2 heterocycles. The van der Waals surface area contributed by atoms with E-state index in [4.69, 9.17) is 4.74 Å². The Balaban J connectivity index is 1.38. The quantitative estimate of drug-likeness (QED) is 0.613. The standard InChI is InChI=1S/C28H33F2N3O3/c1-28(2,30)18-32-10-7-19(8-11-32)17-36-26-6-4-20(13-22(26)15-31)21-3-5-24(25(29)14-21)27(35)33-12-9-23(34)16-33/h3-6,13-14,19,23,34H,7-12,16-18H2,1-2H3/t23-/m1/s1. The number of ether oxygens (including phenoxy) is 1. The first-order valence-corrected chi connectivity index (χ1v) is 12.5. The third-order valence-electron chi connectivity index (χ3n) is 6.86. The molecule has 1 atom stereocenters. The topological polar surface area (TPSA) is 76.8 Å². The molecule has 0 unspecified atom stereocenters. The van der Waals surface area contributed by atoms with Gasteiger partial charge in [0.25, 0.3) is 5.91 Å². The number of rotatable bonds is 7. The van der Waals surface area contributed by atoms with Crippen molar-refractivity contribution in [3.63, 3.8) is 0 Å². The molecule has 2 aliphatic heterocycles. The molecule has 6 nitrogen and oxygen atoms in total. The zero-order valence-electron chi connectivity index (χ0n) is 20.8. The van der Waals surface area contributed by atoms with E-state index in [2.05, 4.69) is 11.0 Å². The first-order chi connectivity index (χ1) is 17.1. The van der Waals surface area contributed by atoms with Gasteiger partial charge in [0.05, 0.1) is 23.8 Å². The molecule has 0 saturated carbocycles. The molecule has 0 radical (unpaired) electrons. The van der Waals surface area contributed by atoms with Crippen molar-refractivity contribution in [2.45, 2.75) is 44.9 Å². The van der Waals surface area contributed by atoms with Crippen molar-refractivity contribution < 1.29 is 23.4 Å². The minimum absolute atomic E-state index is 0.0329. The molecule has 36 heavy (non-hydrogen) atoms. The van der Waals surface area contributed by atoms with Crippen LogP contribution < -0.4 is 4.74 Å². The minimum Gasteiger partial charge on any atom is -0.492 e. The molecule has 0 aliphatic carbocycles. The van der Waals surface area contributed by atoms with E-state index in [0.29, 0.717) is 54.5 Å². The number of carbonyl (C=O) groups is 1. The maximum atomic E-state index is 14.8. The molecule has 0 spiro atoms. The zero-order chi connectivity index (χ0) is 25.9. The van der Waals surface area contributed by atoms with Crippen LogP contribution in [0.2, 0.25) is 0 Å². The Morgan fingerprint density at radius 2 is 1.83 bits per heavy atom. The lowest BCUT2D eigenvalue weighted by atomic mass is 9.96. The van der Waals surface area contributed by atoms with Crippen molar-refractivity contribution >= 4 is 5.91 Å². The first kappa shape index (κ1) is 26.1. The summed E-state index contributed by atoms with van der Waals surface area (Å²) in [6.07, 6.45) is 1.75. The molecule has 1 amide bonds. The number of aliphatic hydroxyl groups is 1. The summed E-state index contributed by atoms with van der Waals surface area (Å²) in [5.74, 6) is -0.254. The molecule has 2 aromatic carbocycles. The van der Waals surface area contributed by atoms with E-state index < -0.39 is 23.5 Å². The number of β-amino-alcohol motifs (C(OH)–C–C–N with tert-alkyl or cyclic N) is 1. The number of halogens is 2. The molecule has 1 N–H and O–H groups in total. The second-order valence-electron chi connectivity index (χ2n) is 10.5. The summed E-state index contributed by atoms with van der Waals surface area (Å²) >= 11 is 0. The van der Waals surface area contributed by atoms with Crippen LogP contribution in [0.4, 0.5) is 8.78 Å². The van der Waals surface area contributed by atoms with Crippen LogP contribution in [0.25, 0.3) is 11.1 Å². The molecule has 0 bridgehead atoms. The number of alkyl halides is 1. The molecular formula is C28H33F2N3O3. The molecule has 2 saturated heterocycles. The van der Waals surface area contributed by atoms with Gasteiger partial charge in [-0.15, -0.1) is 0 Å². The van der Waals surface area contributed by atoms with Gasteiger partial charge in [-0.2, -0.15) is 5.26 Å². The highest BCUT2D eigenvalue weighted by atomic mass is 19.1. The van der Waals surface area contributed by atoms with Crippen molar-refractivity contribution in [1.82, 2.24) is 9.80 Å². The number of amides is 1. The van der Waals surface area contributed by atoms with Gasteiger partial charge in [0.2, 0.25) is 0 Å². The van der Waals surface area contributed by atoms with E-state index >= 15 is 0 Å². The van der Waals surface area contributed by atoms with Crippen LogP contribution in [0.5, 0.6) is 5.75 Å². The van der Waals surface area contributed by atoms with Crippen molar-refractivity contribution in [2.75, 3.05) is 39.3 Å². The SMILES string of the molecule is CC(C)(F)CN1CCC(COc2ccc(-c3ccc(C(=O)N4CC[C@@H](O)C4)c(F)c3)cc2C#N)CC1. The summed E-state index contributed by atoms with van der Waals surface area (Å²) in [5.41, 5.74) is 0.320. The lowest BCUT2D eigenvalue weighted by molar-refractivity contribution is 0.0760. The molecule has 8 heteroatoms. The number of benzene rings is 2. The molecule has 2 aliphatic rings. The summed E-state index contributed by atoms with van der Waals surface area (Å²) in [5, 5.41) is 19.3. The number of hydrogen-bond acceptors (Lipinski definition) is 5. The molecule has 2 fully saturated rings. The fourth-order valence-electron chi connectivity index (χ4n) is 4.94. The van der Waals surface area contributed by atoms with Gasteiger partial charge in [-0.25, -0.2) is 8.78 Å². The van der Waals surface area contributed by atoms with Crippen LogP contribution in [-0.4, -0.2) is 71.9 Å². The predicted octanol–water partition coefficient (Wildman–Crippen LogP) is 4.41. The maximum absolute atomic E-state index is 14.8. The van der Waals surface area contributed by atoms with E-state index in [0.717, 1.165) is 25.9 Å². The Morgan fingerprint density at radius 3 is 2.44 bits per heavy atom. The number of nitriles is 1. The Kier molecular flexibility index (Phi) is 7.91. The van der Waals surface area contributed by atoms with E-state index in [1.54, 1.807) is 38.1 Å². The highest BCUT2D eigenvalue weighted by molar-refractivity contribution is 5.95. The largest absolute Gasteiger partial charge is 0.492 e. The van der Waals surface area contributed by atoms with E-state index in [-0.39, 0.29) is 12.1 Å². The number of carbonyl (C=O) groups excluding carboxylic acids is 1. The summed E-state index contributed by atoms with van der Waals surface area (Å²) in [6, 6.07) is 11.7. The van der Waals surface area contributed by atoms with Crippen LogP contribution >= 0.6 is 0 Å². The summed E-state index contributed by atoms with van der Waals surface area (Å²) < 4.78 is 34.7.